The quantitative estimate of drug-likeness (QED) is 0.482. The van der Waals surface area contributed by atoms with E-state index in [0.717, 1.165) is 12.1 Å². The lowest BCUT2D eigenvalue weighted by molar-refractivity contribution is -0.137. The molecule has 0 unspecified atom stereocenters. The van der Waals surface area contributed by atoms with Crippen molar-refractivity contribution in [3.8, 4) is 11.3 Å². The molecule has 0 saturated carbocycles. The maximum absolute atomic E-state index is 13.0. The van der Waals surface area contributed by atoms with Gasteiger partial charge in [-0.15, -0.1) is 0 Å². The van der Waals surface area contributed by atoms with Crippen LogP contribution in [-0.2, 0) is 16.2 Å². The first-order valence-electron chi connectivity index (χ1n) is 8.99. The number of alkyl halides is 3. The van der Waals surface area contributed by atoms with Crippen LogP contribution in [0.15, 0.2) is 72.0 Å². The molecule has 0 bridgehead atoms. The highest BCUT2D eigenvalue weighted by Crippen LogP contribution is 2.32. The van der Waals surface area contributed by atoms with Gasteiger partial charge >= 0.3 is 6.18 Å². The van der Waals surface area contributed by atoms with Crippen molar-refractivity contribution in [2.75, 3.05) is 12.4 Å². The number of nitrogens with zero attached hydrogens (tertiary/aromatic N) is 3. The molecule has 7 nitrogen and oxygen atoms in total. The average Bonchev–Trinajstić information content (AvgIpc) is 3.19. The van der Waals surface area contributed by atoms with E-state index in [4.69, 9.17) is 0 Å². The summed E-state index contributed by atoms with van der Waals surface area (Å²) in [5.41, 5.74) is 0.993. The Kier molecular flexibility index (Phi) is 5.15. The third kappa shape index (κ3) is 4.09. The van der Waals surface area contributed by atoms with Crippen LogP contribution in [0.3, 0.4) is 0 Å². The number of rotatable bonds is 5. The molecule has 4 rings (SSSR count). The van der Waals surface area contributed by atoms with Crippen molar-refractivity contribution in [1.29, 1.82) is 0 Å². The number of anilines is 2. The Morgan fingerprint density at radius 2 is 1.81 bits per heavy atom. The zero-order valence-corrected chi connectivity index (χ0v) is 16.9. The predicted molar refractivity (Wildman–Crippen MR) is 109 cm³/mol. The summed E-state index contributed by atoms with van der Waals surface area (Å²) in [6.07, 6.45) is 0.187. The van der Waals surface area contributed by atoms with Crippen molar-refractivity contribution >= 4 is 27.2 Å². The van der Waals surface area contributed by atoms with Crippen molar-refractivity contribution in [3.05, 3.63) is 72.7 Å². The molecule has 0 aliphatic heterocycles. The molecule has 11 heteroatoms. The van der Waals surface area contributed by atoms with Crippen molar-refractivity contribution in [2.24, 2.45) is 0 Å². The molecule has 2 aromatic heterocycles. The number of fused-ring (bicyclic) bond motifs is 1. The minimum absolute atomic E-state index is 0.0961. The van der Waals surface area contributed by atoms with Crippen LogP contribution in [0.1, 0.15) is 5.56 Å². The van der Waals surface area contributed by atoms with Gasteiger partial charge in [0, 0.05) is 23.6 Å². The predicted octanol–water partition coefficient (Wildman–Crippen LogP) is 4.07. The van der Waals surface area contributed by atoms with E-state index in [9.17, 15) is 21.6 Å². The van der Waals surface area contributed by atoms with Crippen LogP contribution in [0.4, 0.5) is 24.7 Å². The molecule has 0 amide bonds. The van der Waals surface area contributed by atoms with Gasteiger partial charge in [0.2, 0.25) is 10.0 Å². The number of sulfonamides is 1. The summed E-state index contributed by atoms with van der Waals surface area (Å²) in [5.74, 6) is 0.257. The molecule has 0 fully saturated rings. The van der Waals surface area contributed by atoms with Gasteiger partial charge in [-0.25, -0.2) is 23.1 Å². The van der Waals surface area contributed by atoms with Crippen LogP contribution in [-0.4, -0.2) is 29.8 Å². The Bertz CT molecular complexity index is 1370. The van der Waals surface area contributed by atoms with Gasteiger partial charge in [0.15, 0.2) is 11.5 Å². The number of imidazole rings is 1. The van der Waals surface area contributed by atoms with Gasteiger partial charge in [-0.1, -0.05) is 18.2 Å². The van der Waals surface area contributed by atoms with E-state index in [1.165, 1.54) is 37.5 Å². The monoisotopic (exact) mass is 447 g/mol. The molecule has 4 aromatic rings. The summed E-state index contributed by atoms with van der Waals surface area (Å²) in [7, 11) is -2.30. The molecule has 0 aliphatic carbocycles. The number of aromatic nitrogens is 3. The second kappa shape index (κ2) is 7.67. The van der Waals surface area contributed by atoms with Crippen LogP contribution >= 0.6 is 0 Å². The lowest BCUT2D eigenvalue weighted by atomic mass is 10.2. The van der Waals surface area contributed by atoms with Crippen LogP contribution in [0, 0.1) is 0 Å². The van der Waals surface area contributed by atoms with E-state index >= 15 is 0 Å². The molecule has 0 saturated heterocycles. The third-order valence-electron chi connectivity index (χ3n) is 4.59. The largest absolute Gasteiger partial charge is 0.416 e. The lowest BCUT2D eigenvalue weighted by Crippen LogP contribution is -2.18. The van der Waals surface area contributed by atoms with E-state index in [0.29, 0.717) is 16.9 Å². The Morgan fingerprint density at radius 1 is 1.03 bits per heavy atom. The number of benzene rings is 2. The first kappa shape index (κ1) is 20.8. The molecule has 0 spiro atoms. The van der Waals surface area contributed by atoms with Crippen LogP contribution in [0.2, 0.25) is 0 Å². The minimum atomic E-state index is -4.46. The standard InChI is InChI=1S/C20H16F3N5O2S/c1-24-31(29,30)16-7-2-4-13(10-16)17-12-26-19-18(25-8-9-28(17)19)27-15-6-3-5-14(11-15)20(21,22)23/h2-12,24H,1H3,(H,25,27). The second-order valence-corrected chi connectivity index (χ2v) is 8.44. The van der Waals surface area contributed by atoms with Gasteiger partial charge in [-0.05, 0) is 37.4 Å². The van der Waals surface area contributed by atoms with E-state index in [1.54, 1.807) is 28.9 Å². The SMILES string of the molecule is CNS(=O)(=O)c1cccc(-c2cnc3c(Nc4cccc(C(F)(F)F)c4)nccn23)c1. The fourth-order valence-electron chi connectivity index (χ4n) is 3.07. The zero-order chi connectivity index (χ0) is 22.2. The van der Waals surface area contributed by atoms with Crippen molar-refractivity contribution in [3.63, 3.8) is 0 Å². The molecule has 2 aromatic carbocycles. The summed E-state index contributed by atoms with van der Waals surface area (Å²) in [5, 5.41) is 2.87. The molecule has 0 radical (unpaired) electrons. The maximum Gasteiger partial charge on any atom is 0.416 e. The number of halogens is 3. The van der Waals surface area contributed by atoms with Gasteiger partial charge in [0.05, 0.1) is 22.3 Å². The highest BCUT2D eigenvalue weighted by Gasteiger charge is 2.30. The highest BCUT2D eigenvalue weighted by atomic mass is 32.2. The number of nitrogens with one attached hydrogen (secondary N) is 2. The summed E-state index contributed by atoms with van der Waals surface area (Å²) in [6, 6.07) is 11.1. The number of hydrogen-bond acceptors (Lipinski definition) is 5. The highest BCUT2D eigenvalue weighted by molar-refractivity contribution is 7.89. The molecule has 2 N–H and O–H groups in total. The van der Waals surface area contributed by atoms with Crippen molar-refractivity contribution < 1.29 is 21.6 Å². The Morgan fingerprint density at radius 3 is 2.55 bits per heavy atom. The van der Waals surface area contributed by atoms with E-state index in [1.807, 2.05) is 0 Å². The molecular formula is C20H16F3N5O2S. The van der Waals surface area contributed by atoms with Gasteiger partial charge in [-0.3, -0.25) is 4.40 Å². The normalized spacial score (nSPS) is 12.3. The fourth-order valence-corrected chi connectivity index (χ4v) is 3.85. The van der Waals surface area contributed by atoms with E-state index in [2.05, 4.69) is 20.0 Å². The van der Waals surface area contributed by atoms with Crippen LogP contribution in [0.25, 0.3) is 16.9 Å². The van der Waals surface area contributed by atoms with Gasteiger partial charge in [0.1, 0.15) is 0 Å². The van der Waals surface area contributed by atoms with E-state index in [-0.39, 0.29) is 16.4 Å². The molecule has 0 aliphatic rings. The summed E-state index contributed by atoms with van der Waals surface area (Å²) in [4.78, 5) is 8.61. The average molecular weight is 447 g/mol. The van der Waals surface area contributed by atoms with Gasteiger partial charge < -0.3 is 5.32 Å². The van der Waals surface area contributed by atoms with Crippen molar-refractivity contribution in [1.82, 2.24) is 19.1 Å². The van der Waals surface area contributed by atoms with Gasteiger partial charge in [0.25, 0.3) is 0 Å². The Hall–Kier alpha value is -3.44. The minimum Gasteiger partial charge on any atom is -0.337 e. The van der Waals surface area contributed by atoms with Crippen LogP contribution in [0.5, 0.6) is 0 Å². The molecule has 2 heterocycles. The van der Waals surface area contributed by atoms with Crippen molar-refractivity contribution in [2.45, 2.75) is 11.1 Å². The Balaban J connectivity index is 1.74. The molecule has 31 heavy (non-hydrogen) atoms. The Labute approximate surface area is 175 Å². The zero-order valence-electron chi connectivity index (χ0n) is 16.1. The van der Waals surface area contributed by atoms with E-state index < -0.39 is 21.8 Å². The first-order chi connectivity index (χ1) is 14.7. The smallest absolute Gasteiger partial charge is 0.337 e. The van der Waals surface area contributed by atoms with Crippen LogP contribution < -0.4 is 10.0 Å². The first-order valence-corrected chi connectivity index (χ1v) is 10.5. The maximum atomic E-state index is 13.0. The number of hydrogen-bond donors (Lipinski definition) is 2. The topological polar surface area (TPSA) is 88.4 Å². The molecule has 0 atom stereocenters. The molecule has 160 valence electrons. The summed E-state index contributed by atoms with van der Waals surface area (Å²) >= 11 is 0. The van der Waals surface area contributed by atoms with Gasteiger partial charge in [-0.2, -0.15) is 13.2 Å². The molecular weight excluding hydrogens is 431 g/mol. The summed E-state index contributed by atoms with van der Waals surface area (Å²) in [6.45, 7) is 0. The lowest BCUT2D eigenvalue weighted by Gasteiger charge is -2.11. The second-order valence-electron chi connectivity index (χ2n) is 6.55. The fraction of sp³-hybridized carbons (Fsp3) is 0.100. The third-order valence-corrected chi connectivity index (χ3v) is 6.00. The summed E-state index contributed by atoms with van der Waals surface area (Å²) < 4.78 is 67.1.